The summed E-state index contributed by atoms with van der Waals surface area (Å²) in [5.74, 6) is 0.590. The molecule has 0 radical (unpaired) electrons. The van der Waals surface area contributed by atoms with Gasteiger partial charge in [0.25, 0.3) is 0 Å². The van der Waals surface area contributed by atoms with E-state index in [0.717, 1.165) is 5.56 Å². The SMILES string of the molecule is C/C=C/[C@@H]1[C@H]2COC(=O)[C@]12/C=C/c1ccccc1. The number of cyclic esters (lactones) is 1. The van der Waals surface area contributed by atoms with Gasteiger partial charge in [-0.1, -0.05) is 54.6 Å². The number of carbonyl (C=O) groups excluding carboxylic acids is 1. The molecule has 2 aliphatic rings. The number of esters is 1. The van der Waals surface area contributed by atoms with E-state index in [1.807, 2.05) is 55.5 Å². The molecule has 18 heavy (non-hydrogen) atoms. The van der Waals surface area contributed by atoms with Gasteiger partial charge in [0.05, 0.1) is 12.0 Å². The maximum atomic E-state index is 11.9. The van der Waals surface area contributed by atoms with Crippen LogP contribution in [0.2, 0.25) is 0 Å². The molecule has 1 saturated heterocycles. The van der Waals surface area contributed by atoms with Crippen LogP contribution in [0.4, 0.5) is 0 Å². The van der Waals surface area contributed by atoms with Gasteiger partial charge in [-0.2, -0.15) is 0 Å². The summed E-state index contributed by atoms with van der Waals surface area (Å²) in [7, 11) is 0. The lowest BCUT2D eigenvalue weighted by Gasteiger charge is -2.06. The number of ether oxygens (including phenoxy) is 1. The van der Waals surface area contributed by atoms with Gasteiger partial charge in [-0.25, -0.2) is 0 Å². The lowest BCUT2D eigenvalue weighted by atomic mass is 10.0. The molecule has 3 rings (SSSR count). The number of allylic oxidation sites excluding steroid dienone is 2. The lowest BCUT2D eigenvalue weighted by molar-refractivity contribution is -0.143. The second kappa shape index (κ2) is 4.13. The van der Waals surface area contributed by atoms with Gasteiger partial charge in [-0.15, -0.1) is 0 Å². The minimum absolute atomic E-state index is 0.0669. The smallest absolute Gasteiger partial charge is 0.317 e. The second-order valence-corrected chi connectivity index (χ2v) is 4.93. The van der Waals surface area contributed by atoms with Crippen molar-refractivity contribution in [1.29, 1.82) is 0 Å². The van der Waals surface area contributed by atoms with Gasteiger partial charge < -0.3 is 4.74 Å². The van der Waals surface area contributed by atoms with Crippen LogP contribution < -0.4 is 0 Å². The van der Waals surface area contributed by atoms with Crippen molar-refractivity contribution in [3.05, 3.63) is 54.1 Å². The molecule has 0 unspecified atom stereocenters. The van der Waals surface area contributed by atoms with E-state index in [0.29, 0.717) is 18.4 Å². The molecule has 1 aromatic rings. The van der Waals surface area contributed by atoms with E-state index in [4.69, 9.17) is 4.74 Å². The number of fused-ring (bicyclic) bond motifs is 1. The van der Waals surface area contributed by atoms with E-state index in [1.165, 1.54) is 0 Å². The third-order valence-corrected chi connectivity index (χ3v) is 3.99. The first-order valence-electron chi connectivity index (χ1n) is 6.33. The summed E-state index contributed by atoms with van der Waals surface area (Å²) in [5.41, 5.74) is 0.735. The van der Waals surface area contributed by atoms with Crippen molar-refractivity contribution in [2.45, 2.75) is 6.92 Å². The van der Waals surface area contributed by atoms with E-state index < -0.39 is 0 Å². The van der Waals surface area contributed by atoms with Crippen LogP contribution in [0, 0.1) is 17.3 Å². The average molecular weight is 240 g/mol. The number of carbonyl (C=O) groups is 1. The van der Waals surface area contributed by atoms with Gasteiger partial charge >= 0.3 is 5.97 Å². The maximum Gasteiger partial charge on any atom is 0.317 e. The van der Waals surface area contributed by atoms with Crippen molar-refractivity contribution < 1.29 is 9.53 Å². The standard InChI is InChI=1S/C16H16O2/c1-2-6-13-14-11-18-15(17)16(13,14)10-9-12-7-4-3-5-8-12/h2-10,13-14H,11H2,1H3/b6-2+,10-9+/t13-,14-,16-/m1/s1. The molecule has 1 aromatic carbocycles. The summed E-state index contributed by atoms with van der Waals surface area (Å²) in [5, 5.41) is 0. The van der Waals surface area contributed by atoms with E-state index in [1.54, 1.807) is 0 Å². The van der Waals surface area contributed by atoms with E-state index in [2.05, 4.69) is 6.08 Å². The highest BCUT2D eigenvalue weighted by atomic mass is 16.5. The Balaban J connectivity index is 1.87. The minimum Gasteiger partial charge on any atom is -0.465 e. The molecule has 1 heterocycles. The van der Waals surface area contributed by atoms with Crippen LogP contribution >= 0.6 is 0 Å². The number of rotatable bonds is 3. The maximum absolute atomic E-state index is 11.9. The molecule has 0 N–H and O–H groups in total. The van der Waals surface area contributed by atoms with E-state index in [-0.39, 0.29) is 11.4 Å². The molecule has 92 valence electrons. The molecule has 0 bridgehead atoms. The van der Waals surface area contributed by atoms with Gasteiger partial charge in [0.2, 0.25) is 0 Å². The molecular weight excluding hydrogens is 224 g/mol. The number of hydrogen-bond acceptors (Lipinski definition) is 2. The fraction of sp³-hybridized carbons (Fsp3) is 0.312. The van der Waals surface area contributed by atoms with Crippen molar-refractivity contribution >= 4 is 12.0 Å². The summed E-state index contributed by atoms with van der Waals surface area (Å²) in [6.45, 7) is 2.56. The van der Waals surface area contributed by atoms with E-state index in [9.17, 15) is 4.79 Å². The zero-order valence-corrected chi connectivity index (χ0v) is 10.4. The quantitative estimate of drug-likeness (QED) is 0.599. The Labute approximate surface area is 107 Å². The van der Waals surface area contributed by atoms with Crippen LogP contribution in [0.1, 0.15) is 12.5 Å². The fourth-order valence-corrected chi connectivity index (χ4v) is 2.93. The monoisotopic (exact) mass is 240 g/mol. The third-order valence-electron chi connectivity index (χ3n) is 3.99. The molecule has 0 amide bonds. The highest BCUT2D eigenvalue weighted by Gasteiger charge is 2.71. The van der Waals surface area contributed by atoms with Gasteiger partial charge in [0, 0.05) is 11.8 Å². The van der Waals surface area contributed by atoms with Crippen molar-refractivity contribution in [3.8, 4) is 0 Å². The first-order valence-corrected chi connectivity index (χ1v) is 6.33. The number of benzene rings is 1. The molecule has 2 heteroatoms. The molecule has 0 spiro atoms. The Bertz CT molecular complexity index is 515. The molecule has 2 nitrogen and oxygen atoms in total. The van der Waals surface area contributed by atoms with Crippen molar-refractivity contribution in [3.63, 3.8) is 0 Å². The molecule has 2 fully saturated rings. The first kappa shape index (κ1) is 11.3. The second-order valence-electron chi connectivity index (χ2n) is 4.93. The van der Waals surface area contributed by atoms with Crippen LogP contribution in [0.5, 0.6) is 0 Å². The average Bonchev–Trinajstić information content (AvgIpc) is 2.89. The Kier molecular flexibility index (Phi) is 2.58. The molecule has 1 aliphatic heterocycles. The molecule has 1 aliphatic carbocycles. The molecule has 0 aromatic heterocycles. The summed E-state index contributed by atoms with van der Waals surface area (Å²) in [4.78, 5) is 11.9. The highest BCUT2D eigenvalue weighted by molar-refractivity contribution is 5.88. The predicted octanol–water partition coefficient (Wildman–Crippen LogP) is 3.07. The van der Waals surface area contributed by atoms with Crippen molar-refractivity contribution in [2.24, 2.45) is 17.3 Å². The zero-order chi connectivity index (χ0) is 12.6. The topological polar surface area (TPSA) is 26.3 Å². The normalized spacial score (nSPS) is 33.9. The van der Waals surface area contributed by atoms with Gasteiger partial charge in [0.1, 0.15) is 0 Å². The Hall–Kier alpha value is -1.83. The summed E-state index contributed by atoms with van der Waals surface area (Å²) >= 11 is 0. The first-order chi connectivity index (χ1) is 8.79. The predicted molar refractivity (Wildman–Crippen MR) is 70.7 cm³/mol. The molecular formula is C16H16O2. The molecule has 1 saturated carbocycles. The lowest BCUT2D eigenvalue weighted by Crippen LogP contribution is -2.14. The highest BCUT2D eigenvalue weighted by Crippen LogP contribution is 2.65. The largest absolute Gasteiger partial charge is 0.465 e. The van der Waals surface area contributed by atoms with Gasteiger partial charge in [0.15, 0.2) is 0 Å². The van der Waals surface area contributed by atoms with Gasteiger partial charge in [-0.05, 0) is 12.5 Å². The Morgan fingerprint density at radius 2 is 2.11 bits per heavy atom. The van der Waals surface area contributed by atoms with Crippen LogP contribution in [0.3, 0.4) is 0 Å². The van der Waals surface area contributed by atoms with Crippen LogP contribution in [-0.4, -0.2) is 12.6 Å². The van der Waals surface area contributed by atoms with Crippen molar-refractivity contribution in [1.82, 2.24) is 0 Å². The van der Waals surface area contributed by atoms with Crippen LogP contribution in [-0.2, 0) is 9.53 Å². The zero-order valence-electron chi connectivity index (χ0n) is 10.4. The van der Waals surface area contributed by atoms with E-state index >= 15 is 0 Å². The van der Waals surface area contributed by atoms with Gasteiger partial charge in [-0.3, -0.25) is 4.79 Å². The Morgan fingerprint density at radius 3 is 2.83 bits per heavy atom. The minimum atomic E-state index is -0.387. The summed E-state index contributed by atoms with van der Waals surface area (Å²) in [6, 6.07) is 10.1. The van der Waals surface area contributed by atoms with Crippen LogP contribution in [0.25, 0.3) is 6.08 Å². The Morgan fingerprint density at radius 1 is 1.33 bits per heavy atom. The number of hydrogen-bond donors (Lipinski definition) is 0. The fourth-order valence-electron chi connectivity index (χ4n) is 2.93. The third kappa shape index (κ3) is 1.52. The van der Waals surface area contributed by atoms with Crippen molar-refractivity contribution in [2.75, 3.05) is 6.61 Å². The molecule has 3 atom stereocenters. The summed E-state index contributed by atoms with van der Waals surface area (Å²) in [6.07, 6.45) is 8.21. The summed E-state index contributed by atoms with van der Waals surface area (Å²) < 4.78 is 5.16. The van der Waals surface area contributed by atoms with Crippen LogP contribution in [0.15, 0.2) is 48.6 Å².